The number of carboxylic acid groups (broad SMARTS) is 1. The van der Waals surface area contributed by atoms with Crippen LogP contribution in [0.4, 0.5) is 13.2 Å². The maximum atomic E-state index is 12.5. The molecule has 0 saturated heterocycles. The van der Waals surface area contributed by atoms with Crippen molar-refractivity contribution >= 4 is 18.4 Å². The smallest absolute Gasteiger partial charge is 0.416 e. The van der Waals surface area contributed by atoms with E-state index >= 15 is 0 Å². The summed E-state index contributed by atoms with van der Waals surface area (Å²) in [5, 5.41) is 8.75. The zero-order valence-corrected chi connectivity index (χ0v) is 10.6. The van der Waals surface area contributed by atoms with Gasteiger partial charge < -0.3 is 10.0 Å². The zero-order valence-electron chi connectivity index (χ0n) is 9.78. The number of hydrogen-bond donors (Lipinski definition) is 1. The van der Waals surface area contributed by atoms with Crippen molar-refractivity contribution in [2.75, 3.05) is 14.1 Å². The summed E-state index contributed by atoms with van der Waals surface area (Å²) in [6.45, 7) is 0.254. The normalized spacial score (nSPS) is 11.2. The molecular formula is C11H13ClF3NO2. The maximum absolute atomic E-state index is 12.5. The van der Waals surface area contributed by atoms with Crippen LogP contribution in [0, 0.1) is 0 Å². The lowest BCUT2D eigenvalue weighted by Gasteiger charge is -2.13. The highest BCUT2D eigenvalue weighted by Crippen LogP contribution is 2.30. The topological polar surface area (TPSA) is 40.5 Å². The largest absolute Gasteiger partial charge is 0.478 e. The molecule has 0 radical (unpaired) electrons. The Morgan fingerprint density at radius 1 is 1.28 bits per heavy atom. The van der Waals surface area contributed by atoms with E-state index in [1.54, 1.807) is 19.0 Å². The fourth-order valence-corrected chi connectivity index (χ4v) is 1.44. The Kier molecular flexibility index (Phi) is 5.63. The van der Waals surface area contributed by atoms with Gasteiger partial charge in [0, 0.05) is 6.54 Å². The van der Waals surface area contributed by atoms with Crippen molar-refractivity contribution in [2.45, 2.75) is 12.7 Å². The van der Waals surface area contributed by atoms with Crippen LogP contribution >= 0.6 is 12.4 Å². The predicted octanol–water partition coefficient (Wildman–Crippen LogP) is 2.89. The first-order valence-corrected chi connectivity index (χ1v) is 4.79. The summed E-state index contributed by atoms with van der Waals surface area (Å²) >= 11 is 0. The Hall–Kier alpha value is -1.27. The molecule has 1 rings (SSSR count). The summed E-state index contributed by atoms with van der Waals surface area (Å²) in [5.41, 5.74) is -0.965. The molecule has 18 heavy (non-hydrogen) atoms. The lowest BCUT2D eigenvalue weighted by atomic mass is 10.0. The molecule has 0 unspecified atom stereocenters. The summed E-state index contributed by atoms with van der Waals surface area (Å²) in [5.74, 6) is -1.36. The van der Waals surface area contributed by atoms with Gasteiger partial charge in [0.05, 0.1) is 11.1 Å². The van der Waals surface area contributed by atoms with Gasteiger partial charge in [0.2, 0.25) is 0 Å². The molecule has 7 heteroatoms. The number of halogens is 4. The van der Waals surface area contributed by atoms with E-state index in [-0.39, 0.29) is 24.5 Å². The molecular weight excluding hydrogens is 271 g/mol. The van der Waals surface area contributed by atoms with Crippen LogP contribution in [-0.4, -0.2) is 30.1 Å². The summed E-state index contributed by atoms with van der Waals surface area (Å²) in [6.07, 6.45) is -4.54. The Balaban J connectivity index is 0.00000289. The number of carboxylic acids is 1. The average molecular weight is 284 g/mol. The van der Waals surface area contributed by atoms with Gasteiger partial charge in [-0.3, -0.25) is 0 Å². The molecule has 0 aliphatic carbocycles. The molecule has 3 nitrogen and oxygen atoms in total. The van der Waals surface area contributed by atoms with E-state index in [2.05, 4.69) is 0 Å². The van der Waals surface area contributed by atoms with Crippen molar-refractivity contribution in [3.63, 3.8) is 0 Å². The third-order valence-electron chi connectivity index (χ3n) is 2.07. The first-order chi connectivity index (χ1) is 7.70. The van der Waals surface area contributed by atoms with E-state index in [9.17, 15) is 18.0 Å². The van der Waals surface area contributed by atoms with Gasteiger partial charge in [-0.15, -0.1) is 12.4 Å². The summed E-state index contributed by atoms with van der Waals surface area (Å²) in [4.78, 5) is 12.4. The van der Waals surface area contributed by atoms with E-state index in [0.717, 1.165) is 6.07 Å². The first-order valence-electron chi connectivity index (χ1n) is 4.79. The highest BCUT2D eigenvalue weighted by atomic mass is 35.5. The number of nitrogens with zero attached hydrogens (tertiary/aromatic N) is 1. The van der Waals surface area contributed by atoms with E-state index in [0.29, 0.717) is 11.6 Å². The fourth-order valence-electron chi connectivity index (χ4n) is 1.44. The maximum Gasteiger partial charge on any atom is 0.416 e. The number of benzene rings is 1. The van der Waals surface area contributed by atoms with E-state index in [1.807, 2.05) is 0 Å². The van der Waals surface area contributed by atoms with Crippen molar-refractivity contribution in [3.8, 4) is 0 Å². The lowest BCUT2D eigenvalue weighted by molar-refractivity contribution is -0.137. The zero-order chi connectivity index (χ0) is 13.2. The Morgan fingerprint density at radius 2 is 1.83 bits per heavy atom. The van der Waals surface area contributed by atoms with Crippen molar-refractivity contribution < 1.29 is 23.1 Å². The second-order valence-electron chi connectivity index (χ2n) is 3.96. The quantitative estimate of drug-likeness (QED) is 0.927. The summed E-state index contributed by atoms with van der Waals surface area (Å²) in [7, 11) is 3.39. The minimum Gasteiger partial charge on any atom is -0.478 e. The fraction of sp³-hybridized carbons (Fsp3) is 0.364. The second-order valence-corrected chi connectivity index (χ2v) is 3.96. The minimum atomic E-state index is -4.54. The van der Waals surface area contributed by atoms with Gasteiger partial charge in [-0.05, 0) is 37.9 Å². The molecule has 0 bridgehead atoms. The molecule has 102 valence electrons. The number of alkyl halides is 3. The van der Waals surface area contributed by atoms with Crippen LogP contribution in [0.15, 0.2) is 18.2 Å². The average Bonchev–Trinajstić information content (AvgIpc) is 2.14. The summed E-state index contributed by atoms with van der Waals surface area (Å²) in [6, 6.07) is 2.85. The van der Waals surface area contributed by atoms with Gasteiger partial charge in [0.1, 0.15) is 0 Å². The third kappa shape index (κ3) is 4.54. The Bertz CT molecular complexity index is 433. The monoisotopic (exact) mass is 283 g/mol. The molecule has 1 aromatic rings. The van der Waals surface area contributed by atoms with Crippen LogP contribution < -0.4 is 0 Å². The van der Waals surface area contributed by atoms with Gasteiger partial charge in [0.25, 0.3) is 0 Å². The van der Waals surface area contributed by atoms with Crippen LogP contribution in [-0.2, 0) is 12.7 Å². The Morgan fingerprint density at radius 3 is 2.22 bits per heavy atom. The van der Waals surface area contributed by atoms with Gasteiger partial charge in [-0.25, -0.2) is 4.79 Å². The van der Waals surface area contributed by atoms with Crippen molar-refractivity contribution in [1.29, 1.82) is 0 Å². The molecule has 0 atom stereocenters. The van der Waals surface area contributed by atoms with Crippen LogP contribution in [0.3, 0.4) is 0 Å². The first kappa shape index (κ1) is 16.7. The molecule has 0 heterocycles. The molecule has 0 aliphatic rings. The van der Waals surface area contributed by atoms with Crippen LogP contribution in [0.5, 0.6) is 0 Å². The lowest BCUT2D eigenvalue weighted by Crippen LogP contribution is -2.14. The summed E-state index contributed by atoms with van der Waals surface area (Å²) < 4.78 is 37.6. The predicted molar refractivity (Wildman–Crippen MR) is 63.0 cm³/mol. The van der Waals surface area contributed by atoms with Crippen molar-refractivity contribution in [3.05, 3.63) is 34.9 Å². The van der Waals surface area contributed by atoms with Gasteiger partial charge in [-0.2, -0.15) is 13.2 Å². The van der Waals surface area contributed by atoms with E-state index < -0.39 is 17.7 Å². The Labute approximate surface area is 109 Å². The van der Waals surface area contributed by atoms with Crippen molar-refractivity contribution in [2.24, 2.45) is 0 Å². The van der Waals surface area contributed by atoms with E-state index in [1.165, 1.54) is 6.07 Å². The molecule has 0 saturated carbocycles. The van der Waals surface area contributed by atoms with E-state index in [4.69, 9.17) is 5.11 Å². The van der Waals surface area contributed by atoms with Gasteiger partial charge in [-0.1, -0.05) is 0 Å². The van der Waals surface area contributed by atoms with Crippen molar-refractivity contribution in [1.82, 2.24) is 4.90 Å². The van der Waals surface area contributed by atoms with Crippen LogP contribution in [0.1, 0.15) is 21.5 Å². The number of aromatic carboxylic acids is 1. The van der Waals surface area contributed by atoms with Crippen LogP contribution in [0.2, 0.25) is 0 Å². The minimum absolute atomic E-state index is 0. The molecule has 0 aromatic heterocycles. The molecule has 1 aromatic carbocycles. The third-order valence-corrected chi connectivity index (χ3v) is 2.07. The number of hydrogen-bond acceptors (Lipinski definition) is 2. The SMILES string of the molecule is CN(C)Cc1cc(C(=O)O)cc(C(F)(F)F)c1.Cl. The molecule has 1 N–H and O–H groups in total. The molecule has 0 fully saturated rings. The standard InChI is InChI=1S/C11H12F3NO2.ClH/c1-15(2)6-7-3-8(10(16)17)5-9(4-7)11(12,13)14;/h3-5H,6H2,1-2H3,(H,16,17);1H. The van der Waals surface area contributed by atoms with Crippen LogP contribution in [0.25, 0.3) is 0 Å². The second kappa shape index (κ2) is 6.06. The number of carbonyl (C=O) groups is 1. The van der Waals surface area contributed by atoms with Gasteiger partial charge >= 0.3 is 12.1 Å². The highest BCUT2D eigenvalue weighted by Gasteiger charge is 2.31. The molecule has 0 spiro atoms. The number of rotatable bonds is 3. The molecule has 0 aliphatic heterocycles. The van der Waals surface area contributed by atoms with Gasteiger partial charge in [0.15, 0.2) is 0 Å². The highest BCUT2D eigenvalue weighted by molar-refractivity contribution is 5.88. The molecule has 0 amide bonds.